The minimum absolute atomic E-state index is 0.0153. The number of benzene rings is 2. The van der Waals surface area contributed by atoms with Gasteiger partial charge in [-0.2, -0.15) is 0 Å². The molecule has 15 heteroatoms. The Bertz CT molecular complexity index is 1440. The Balaban J connectivity index is 1.44. The van der Waals surface area contributed by atoms with Crippen LogP contribution in [0.4, 0.5) is 14.5 Å². The molecule has 2 aliphatic rings. The number of carbonyl (C=O) groups is 5. The lowest BCUT2D eigenvalue weighted by atomic mass is 10.1. The van der Waals surface area contributed by atoms with Crippen LogP contribution in [0.1, 0.15) is 42.6 Å². The average Bonchev–Trinajstić information content (AvgIpc) is 3.49. The minimum atomic E-state index is -3.39. The predicted octanol–water partition coefficient (Wildman–Crippen LogP) is 2.64. The Morgan fingerprint density at radius 1 is 1.18 bits per heavy atom. The van der Waals surface area contributed by atoms with Gasteiger partial charge in [0.1, 0.15) is 23.9 Å². The smallest absolute Gasteiger partial charge is 0.310 e. The number of anilines is 1. The van der Waals surface area contributed by atoms with E-state index in [0.717, 1.165) is 5.56 Å². The van der Waals surface area contributed by atoms with Crippen molar-refractivity contribution in [3.63, 3.8) is 0 Å². The van der Waals surface area contributed by atoms with Crippen molar-refractivity contribution in [2.45, 2.75) is 63.6 Å². The van der Waals surface area contributed by atoms with E-state index < -0.39 is 72.9 Å². The number of halogens is 3. The molecule has 0 saturated carbocycles. The zero-order valence-electron chi connectivity index (χ0n) is 24.0. The summed E-state index contributed by atoms with van der Waals surface area (Å²) in [5.41, 5.74) is 0.888. The summed E-state index contributed by atoms with van der Waals surface area (Å²) in [4.78, 5) is 63.7. The van der Waals surface area contributed by atoms with Crippen molar-refractivity contribution in [2.24, 2.45) is 0 Å². The number of hydrogen-bond donors (Lipinski definition) is 3. The second kappa shape index (κ2) is 13.6. The number of carbonyl (C=O) groups excluding carboxylic acids is 5. The summed E-state index contributed by atoms with van der Waals surface area (Å²) in [6.45, 7) is 1.56. The number of alkyl halides is 2. The van der Waals surface area contributed by atoms with E-state index in [2.05, 4.69) is 16.0 Å². The molecule has 2 aromatic rings. The number of hydrogen-bond acceptors (Lipinski definition) is 8. The summed E-state index contributed by atoms with van der Waals surface area (Å²) in [6, 6.07) is 7.62. The van der Waals surface area contributed by atoms with Crippen LogP contribution in [0.5, 0.6) is 5.75 Å². The number of nitrogens with zero attached hydrogens (tertiary/aromatic N) is 1. The number of likely N-dealkylation sites (tertiary alicyclic amines) is 1. The fourth-order valence-corrected chi connectivity index (χ4v) is 5.10. The lowest BCUT2D eigenvalue weighted by Gasteiger charge is -2.28. The molecular weight excluding hydrogens is 606 g/mol. The van der Waals surface area contributed by atoms with Crippen molar-refractivity contribution >= 4 is 46.9 Å². The maximum atomic E-state index is 14.6. The second-order valence-electron chi connectivity index (χ2n) is 10.4. The van der Waals surface area contributed by atoms with Crippen molar-refractivity contribution in [1.29, 1.82) is 0 Å². The molecule has 2 fully saturated rings. The molecule has 2 saturated heterocycles. The summed E-state index contributed by atoms with van der Waals surface area (Å²) < 4.78 is 45.2. The Hall–Kier alpha value is -4.30. The maximum absolute atomic E-state index is 14.6. The van der Waals surface area contributed by atoms with Crippen LogP contribution >= 0.6 is 11.6 Å². The van der Waals surface area contributed by atoms with Crippen LogP contribution in [0, 0.1) is 0 Å². The number of rotatable bonds is 10. The highest BCUT2D eigenvalue weighted by molar-refractivity contribution is 6.34. The number of esters is 1. The van der Waals surface area contributed by atoms with Gasteiger partial charge < -0.3 is 35.1 Å². The van der Waals surface area contributed by atoms with Gasteiger partial charge in [0.2, 0.25) is 24.0 Å². The van der Waals surface area contributed by atoms with Gasteiger partial charge in [-0.1, -0.05) is 41.9 Å². The van der Waals surface area contributed by atoms with Gasteiger partial charge in [-0.25, -0.2) is 8.78 Å². The second-order valence-corrected chi connectivity index (χ2v) is 10.8. The number of cyclic esters (lactones) is 1. The molecule has 44 heavy (non-hydrogen) atoms. The first kappa shape index (κ1) is 32.6. The summed E-state index contributed by atoms with van der Waals surface area (Å²) in [5, 5.41) is 7.45. The van der Waals surface area contributed by atoms with Crippen molar-refractivity contribution in [2.75, 3.05) is 19.0 Å². The Labute approximate surface area is 256 Å². The third-order valence-corrected chi connectivity index (χ3v) is 7.28. The summed E-state index contributed by atoms with van der Waals surface area (Å²) >= 11 is 6.18. The molecule has 0 bridgehead atoms. The zero-order chi connectivity index (χ0) is 32.2. The quantitative estimate of drug-likeness (QED) is 0.337. The normalized spacial score (nSPS) is 21.3. The highest BCUT2D eigenvalue weighted by Crippen LogP contribution is 2.34. The first-order valence-electron chi connectivity index (χ1n) is 13.6. The fourth-order valence-electron chi connectivity index (χ4n) is 4.89. The van der Waals surface area contributed by atoms with Crippen LogP contribution in [-0.4, -0.2) is 78.5 Å². The molecule has 12 nitrogen and oxygen atoms in total. The van der Waals surface area contributed by atoms with E-state index in [1.807, 2.05) is 6.07 Å². The van der Waals surface area contributed by atoms with Crippen LogP contribution < -0.4 is 20.7 Å². The van der Waals surface area contributed by atoms with Crippen molar-refractivity contribution in [1.82, 2.24) is 15.5 Å². The lowest BCUT2D eigenvalue weighted by Crippen LogP contribution is -2.54. The summed E-state index contributed by atoms with van der Waals surface area (Å²) in [6.07, 6.45) is -2.37. The maximum Gasteiger partial charge on any atom is 0.310 e. The number of methoxy groups -OCH3 is 1. The topological polar surface area (TPSA) is 152 Å². The van der Waals surface area contributed by atoms with Gasteiger partial charge in [0.05, 0.1) is 43.0 Å². The van der Waals surface area contributed by atoms with Gasteiger partial charge in [-0.3, -0.25) is 24.0 Å². The molecular formula is C29H31ClF2N4O8. The molecule has 2 unspecified atom stereocenters. The summed E-state index contributed by atoms with van der Waals surface area (Å²) in [5.74, 6) is -7.09. The van der Waals surface area contributed by atoms with Gasteiger partial charge >= 0.3 is 5.97 Å². The molecule has 0 radical (unpaired) electrons. The van der Waals surface area contributed by atoms with E-state index in [4.69, 9.17) is 25.8 Å². The molecule has 2 heterocycles. The number of ether oxygens (including phenoxy) is 3. The monoisotopic (exact) mass is 636 g/mol. The van der Waals surface area contributed by atoms with E-state index in [-0.39, 0.29) is 35.1 Å². The first-order valence-corrected chi connectivity index (χ1v) is 14.0. The van der Waals surface area contributed by atoms with Crippen molar-refractivity contribution in [3.05, 3.63) is 58.6 Å². The lowest BCUT2D eigenvalue weighted by molar-refractivity contribution is -0.168. The molecule has 0 spiro atoms. The standard InChI is InChI=1S/C29H31ClF2N4O8/c1-15(33-25(39)18-9-19(30)20(34-16(2)37)10-23(18)42-3)27(41)36-14-29(31,32)12-22(36)26(40)35-21-11-24(38)44-28(21)43-13-17-7-5-4-6-8-17/h4-10,15,21-22,28H,11-14H2,1-3H3,(H,33,39)(H,34,37)(H,35,40)/t15-,21-,22?,28?/m0/s1. The van der Waals surface area contributed by atoms with E-state index in [1.165, 1.54) is 33.1 Å². The van der Waals surface area contributed by atoms with Gasteiger partial charge in [-0.05, 0) is 18.6 Å². The molecule has 3 N–H and O–H groups in total. The van der Waals surface area contributed by atoms with Crippen LogP contribution in [0.25, 0.3) is 0 Å². The molecule has 4 amide bonds. The van der Waals surface area contributed by atoms with E-state index in [0.29, 0.717) is 4.90 Å². The molecule has 4 rings (SSSR count). The van der Waals surface area contributed by atoms with E-state index in [9.17, 15) is 32.8 Å². The molecule has 0 aromatic heterocycles. The molecule has 2 aliphatic heterocycles. The van der Waals surface area contributed by atoms with Gasteiger partial charge in [-0.15, -0.1) is 0 Å². The molecule has 2 aromatic carbocycles. The largest absolute Gasteiger partial charge is 0.496 e. The minimum Gasteiger partial charge on any atom is -0.496 e. The zero-order valence-corrected chi connectivity index (χ0v) is 24.8. The molecule has 236 valence electrons. The Kier molecular flexibility index (Phi) is 10.0. The third kappa shape index (κ3) is 7.80. The number of amides is 4. The third-order valence-electron chi connectivity index (χ3n) is 6.97. The number of nitrogens with one attached hydrogen (secondary N) is 3. The van der Waals surface area contributed by atoms with Gasteiger partial charge in [0, 0.05) is 19.4 Å². The van der Waals surface area contributed by atoms with Crippen LogP contribution in [-0.2, 0) is 35.3 Å². The van der Waals surface area contributed by atoms with Crippen molar-refractivity contribution in [3.8, 4) is 5.75 Å². The predicted molar refractivity (Wildman–Crippen MR) is 152 cm³/mol. The van der Waals surface area contributed by atoms with Gasteiger partial charge in [0.25, 0.3) is 11.8 Å². The van der Waals surface area contributed by atoms with Crippen molar-refractivity contribution < 1.29 is 47.0 Å². The van der Waals surface area contributed by atoms with Crippen LogP contribution in [0.3, 0.4) is 0 Å². The first-order chi connectivity index (χ1) is 20.8. The van der Waals surface area contributed by atoms with E-state index in [1.54, 1.807) is 24.3 Å². The Morgan fingerprint density at radius 2 is 1.89 bits per heavy atom. The van der Waals surface area contributed by atoms with Gasteiger partial charge in [0.15, 0.2) is 0 Å². The molecule has 0 aliphatic carbocycles. The highest BCUT2D eigenvalue weighted by atomic mass is 35.5. The molecule has 4 atom stereocenters. The highest BCUT2D eigenvalue weighted by Gasteiger charge is 2.51. The van der Waals surface area contributed by atoms with E-state index >= 15 is 0 Å². The Morgan fingerprint density at radius 3 is 2.55 bits per heavy atom. The average molecular weight is 637 g/mol. The summed E-state index contributed by atoms with van der Waals surface area (Å²) in [7, 11) is 1.28. The SMILES string of the molecule is COc1cc(NC(C)=O)c(Cl)cc1C(=O)N[C@@H](C)C(=O)N1CC(F)(F)CC1C(=O)N[C@H]1CC(=O)OC1OCc1ccccc1. The van der Waals surface area contributed by atoms with Crippen LogP contribution in [0.15, 0.2) is 42.5 Å². The van der Waals surface area contributed by atoms with Crippen LogP contribution in [0.2, 0.25) is 5.02 Å². The fraction of sp³-hybridized carbons (Fsp3) is 0.414.